The van der Waals surface area contributed by atoms with Crippen LogP contribution < -0.4 is 0 Å². The van der Waals surface area contributed by atoms with Gasteiger partial charge in [0.2, 0.25) is 0 Å². The molecule has 4 heteroatoms. The number of ether oxygens (including phenoxy) is 1. The fourth-order valence-corrected chi connectivity index (χ4v) is 1.01. The maximum Gasteiger partial charge on any atom is 0.0439 e. The molecule has 76 valence electrons. The molecule has 3 nitrogen and oxygen atoms in total. The predicted octanol–water partition coefficient (Wildman–Crippen LogP) is 0.790. The lowest BCUT2D eigenvalue weighted by Gasteiger charge is -1.87. The van der Waals surface area contributed by atoms with Crippen LogP contribution in [0.4, 0.5) is 0 Å². The molecule has 0 radical (unpaired) electrons. The molecular weight excluding hydrogens is 176 g/mol. The summed E-state index contributed by atoms with van der Waals surface area (Å²) in [6, 6.07) is 0. The highest BCUT2D eigenvalue weighted by Crippen LogP contribution is 1.79. The van der Waals surface area contributed by atoms with Crippen LogP contribution in [0.2, 0.25) is 0 Å². The Morgan fingerprint density at radius 3 is 1.92 bits per heavy atom. The lowest BCUT2D eigenvalue weighted by Crippen LogP contribution is -1.95. The van der Waals surface area contributed by atoms with Gasteiger partial charge in [0.15, 0.2) is 0 Å². The van der Waals surface area contributed by atoms with E-state index in [2.05, 4.69) is 0 Å². The van der Waals surface area contributed by atoms with Crippen molar-refractivity contribution in [2.24, 2.45) is 0 Å². The molecule has 0 fully saturated rings. The van der Waals surface area contributed by atoms with Crippen LogP contribution in [-0.4, -0.2) is 41.1 Å². The Labute approximate surface area is 77.6 Å². The van der Waals surface area contributed by atoms with E-state index < -0.39 is 10.8 Å². The van der Waals surface area contributed by atoms with Crippen molar-refractivity contribution >= 4 is 10.8 Å². The van der Waals surface area contributed by atoms with E-state index in [0.717, 1.165) is 13.2 Å². The summed E-state index contributed by atoms with van der Waals surface area (Å²) in [6.45, 7) is 5.82. The summed E-state index contributed by atoms with van der Waals surface area (Å²) in [5.74, 6) is 0.622. The van der Waals surface area contributed by atoms with Crippen molar-refractivity contribution < 1.29 is 14.1 Å². The van der Waals surface area contributed by atoms with Crippen molar-refractivity contribution in [2.45, 2.75) is 20.3 Å². The van der Waals surface area contributed by atoms with Crippen molar-refractivity contribution in [1.82, 2.24) is 0 Å². The summed E-state index contributed by atoms with van der Waals surface area (Å²) in [7, 11) is -0.725. The van der Waals surface area contributed by atoms with E-state index in [-0.39, 0.29) is 6.61 Å². The Morgan fingerprint density at radius 2 is 1.83 bits per heavy atom. The molecule has 0 bridgehead atoms. The smallest absolute Gasteiger partial charge is 0.0439 e. The number of aliphatic hydroxyl groups is 1. The van der Waals surface area contributed by atoms with Gasteiger partial charge in [-0.25, -0.2) is 0 Å². The minimum Gasteiger partial charge on any atom is -0.396 e. The molecule has 0 aliphatic heterocycles. The maximum absolute atomic E-state index is 10.2. The van der Waals surface area contributed by atoms with Gasteiger partial charge < -0.3 is 9.84 Å². The van der Waals surface area contributed by atoms with Crippen LogP contribution in [0.15, 0.2) is 0 Å². The second kappa shape index (κ2) is 13.6. The van der Waals surface area contributed by atoms with Crippen LogP contribution in [0, 0.1) is 0 Å². The number of hydrogen-bond acceptors (Lipinski definition) is 3. The van der Waals surface area contributed by atoms with Gasteiger partial charge in [0.05, 0.1) is 0 Å². The molecule has 0 aromatic carbocycles. The fraction of sp³-hybridized carbons (Fsp3) is 1.00. The first-order valence-corrected chi connectivity index (χ1v) is 5.90. The lowest BCUT2D eigenvalue weighted by atomic mass is 10.5. The van der Waals surface area contributed by atoms with Crippen LogP contribution in [0.3, 0.4) is 0 Å². The molecule has 0 aromatic rings. The average Bonchev–Trinajstić information content (AvgIpc) is 2.03. The van der Waals surface area contributed by atoms with E-state index in [9.17, 15) is 4.21 Å². The Morgan fingerprint density at radius 1 is 1.33 bits per heavy atom. The second-order valence-electron chi connectivity index (χ2n) is 2.14. The van der Waals surface area contributed by atoms with Gasteiger partial charge in [-0.1, -0.05) is 0 Å². The second-order valence-corrected chi connectivity index (χ2v) is 3.69. The Hall–Kier alpha value is 0.0700. The molecule has 0 spiro atoms. The maximum atomic E-state index is 10.2. The van der Waals surface area contributed by atoms with E-state index in [0.29, 0.717) is 12.2 Å². The van der Waals surface area contributed by atoms with Gasteiger partial charge in [0.1, 0.15) is 0 Å². The molecule has 0 aromatic heterocycles. The quantitative estimate of drug-likeness (QED) is 0.707. The molecule has 1 unspecified atom stereocenters. The average molecular weight is 196 g/mol. The van der Waals surface area contributed by atoms with Crippen molar-refractivity contribution in [2.75, 3.05) is 31.8 Å². The van der Waals surface area contributed by atoms with Crippen LogP contribution in [0.1, 0.15) is 20.3 Å². The highest BCUT2D eigenvalue weighted by Gasteiger charge is 1.86. The molecule has 0 aliphatic rings. The molecule has 1 N–H and O–H groups in total. The third-order valence-corrected chi connectivity index (χ3v) is 1.86. The molecule has 1 atom stereocenters. The largest absolute Gasteiger partial charge is 0.396 e. The molecule has 0 saturated heterocycles. The zero-order chi connectivity index (χ0) is 9.82. The molecule has 12 heavy (non-hydrogen) atoms. The fourth-order valence-electron chi connectivity index (χ4n) is 0.472. The third-order valence-electron chi connectivity index (χ3n) is 0.998. The first-order chi connectivity index (χ1) is 5.68. The lowest BCUT2D eigenvalue weighted by molar-refractivity contribution is 0.162. The van der Waals surface area contributed by atoms with Crippen molar-refractivity contribution in [3.63, 3.8) is 0 Å². The topological polar surface area (TPSA) is 46.5 Å². The summed E-state index contributed by atoms with van der Waals surface area (Å²) in [5.41, 5.74) is 0. The molecular formula is C8H20O3S. The van der Waals surface area contributed by atoms with E-state index in [1.54, 1.807) is 6.26 Å². The molecule has 0 amide bonds. The van der Waals surface area contributed by atoms with Gasteiger partial charge in [-0.2, -0.15) is 0 Å². The highest BCUT2D eigenvalue weighted by atomic mass is 32.2. The van der Waals surface area contributed by atoms with Gasteiger partial charge in [0, 0.05) is 42.6 Å². The van der Waals surface area contributed by atoms with Gasteiger partial charge in [-0.15, -0.1) is 0 Å². The van der Waals surface area contributed by atoms with E-state index in [4.69, 9.17) is 9.84 Å². The summed E-state index contributed by atoms with van der Waals surface area (Å²) < 4.78 is 15.0. The molecule has 0 rings (SSSR count). The third kappa shape index (κ3) is 22.5. The highest BCUT2D eigenvalue weighted by molar-refractivity contribution is 7.84. The Kier molecular flexibility index (Phi) is 16.6. The summed E-state index contributed by atoms with van der Waals surface area (Å²) >= 11 is 0. The summed E-state index contributed by atoms with van der Waals surface area (Å²) in [5, 5.41) is 8.18. The zero-order valence-corrected chi connectivity index (χ0v) is 9.02. The van der Waals surface area contributed by atoms with Crippen molar-refractivity contribution in [3.8, 4) is 0 Å². The first kappa shape index (κ1) is 14.6. The van der Waals surface area contributed by atoms with Gasteiger partial charge in [-0.05, 0) is 20.3 Å². The van der Waals surface area contributed by atoms with Crippen LogP contribution in [-0.2, 0) is 15.5 Å². The van der Waals surface area contributed by atoms with Crippen molar-refractivity contribution in [3.05, 3.63) is 0 Å². The minimum atomic E-state index is -0.725. The first-order valence-electron chi connectivity index (χ1n) is 4.17. The number of hydrogen-bond donors (Lipinski definition) is 1. The monoisotopic (exact) mass is 196 g/mol. The predicted molar refractivity (Wildman–Crippen MR) is 52.8 cm³/mol. The molecule has 0 heterocycles. The van der Waals surface area contributed by atoms with Crippen molar-refractivity contribution in [1.29, 1.82) is 0 Å². The zero-order valence-electron chi connectivity index (χ0n) is 8.21. The minimum absolute atomic E-state index is 0.152. The Bertz CT molecular complexity index is 94.3. The van der Waals surface area contributed by atoms with Gasteiger partial charge in [0.25, 0.3) is 0 Å². The summed E-state index contributed by atoms with van der Waals surface area (Å²) in [4.78, 5) is 0. The summed E-state index contributed by atoms with van der Waals surface area (Å²) in [6.07, 6.45) is 2.29. The standard InChI is InChI=1S/C4H10O2S.C4H10O/c1-7(6)4-2-3-5;1-3-5-4-2/h5H,2-4H2,1H3;3-4H2,1-2H3. The molecule has 0 aliphatic carbocycles. The van der Waals surface area contributed by atoms with E-state index in [1.165, 1.54) is 0 Å². The van der Waals surface area contributed by atoms with Crippen LogP contribution >= 0.6 is 0 Å². The van der Waals surface area contributed by atoms with Crippen LogP contribution in [0.5, 0.6) is 0 Å². The number of rotatable bonds is 5. The SMILES string of the molecule is CCOCC.CS(=O)CCCO. The molecule has 0 saturated carbocycles. The van der Waals surface area contributed by atoms with Gasteiger partial charge >= 0.3 is 0 Å². The Balaban J connectivity index is 0. The number of aliphatic hydroxyl groups excluding tert-OH is 1. The van der Waals surface area contributed by atoms with E-state index in [1.807, 2.05) is 13.8 Å². The normalized spacial score (nSPS) is 11.7. The van der Waals surface area contributed by atoms with Crippen LogP contribution in [0.25, 0.3) is 0 Å². The van der Waals surface area contributed by atoms with Gasteiger partial charge in [-0.3, -0.25) is 4.21 Å². The van der Waals surface area contributed by atoms with E-state index >= 15 is 0 Å².